The van der Waals surface area contributed by atoms with Crippen molar-refractivity contribution in [2.24, 2.45) is 0 Å². The zero-order valence-electron chi connectivity index (χ0n) is 16.5. The van der Waals surface area contributed by atoms with Crippen LogP contribution in [0.4, 0.5) is 5.95 Å². The largest absolute Gasteiger partial charge is 0.507 e. The number of fused-ring (bicyclic) bond motifs is 1. The zero-order chi connectivity index (χ0) is 21.5. The predicted molar refractivity (Wildman–Crippen MR) is 114 cm³/mol. The Kier molecular flexibility index (Phi) is 4.32. The number of pyridine rings is 2. The maximum atomic E-state index is 13.1. The van der Waals surface area contributed by atoms with Gasteiger partial charge in [-0.15, -0.1) is 0 Å². The molecule has 152 valence electrons. The number of aliphatic hydroxyl groups excluding tert-OH is 1. The quantitative estimate of drug-likeness (QED) is 0.304. The van der Waals surface area contributed by atoms with Gasteiger partial charge in [0.1, 0.15) is 11.8 Å². The number of anilines is 1. The molecule has 2 N–H and O–H groups in total. The van der Waals surface area contributed by atoms with Gasteiger partial charge >= 0.3 is 5.91 Å². The molecule has 4 aromatic rings. The number of carbonyl (C=O) groups excluding carboxylic acids is 2. The van der Waals surface area contributed by atoms with Crippen molar-refractivity contribution in [2.45, 2.75) is 13.0 Å². The van der Waals surface area contributed by atoms with E-state index in [0.29, 0.717) is 16.8 Å². The Labute approximate surface area is 176 Å². The third kappa shape index (κ3) is 3.05. The second-order valence-corrected chi connectivity index (χ2v) is 7.24. The van der Waals surface area contributed by atoms with Gasteiger partial charge in [0, 0.05) is 24.2 Å². The van der Waals surface area contributed by atoms with Gasteiger partial charge in [-0.1, -0.05) is 12.1 Å². The molecule has 1 aliphatic heterocycles. The molecule has 0 spiro atoms. The maximum Gasteiger partial charge on any atom is 0.302 e. The van der Waals surface area contributed by atoms with Gasteiger partial charge in [-0.25, -0.2) is 4.98 Å². The van der Waals surface area contributed by atoms with Crippen LogP contribution in [0.1, 0.15) is 22.9 Å². The van der Waals surface area contributed by atoms with Crippen LogP contribution in [0, 0.1) is 6.92 Å². The fourth-order valence-corrected chi connectivity index (χ4v) is 3.76. The highest BCUT2D eigenvalue weighted by Crippen LogP contribution is 2.40. The summed E-state index contributed by atoms with van der Waals surface area (Å²) in [6, 6.07) is 13.1. The van der Waals surface area contributed by atoms with E-state index in [-0.39, 0.29) is 17.3 Å². The normalized spacial score (nSPS) is 18.1. The van der Waals surface area contributed by atoms with Crippen LogP contribution in [0.3, 0.4) is 0 Å². The van der Waals surface area contributed by atoms with Gasteiger partial charge in [0.15, 0.2) is 0 Å². The highest BCUT2D eigenvalue weighted by Gasteiger charge is 2.48. The minimum atomic E-state index is -0.934. The molecular formula is C23H17N5O3. The van der Waals surface area contributed by atoms with Gasteiger partial charge in [0.25, 0.3) is 5.78 Å². The number of imidazole rings is 1. The number of Topliss-reactive ketones (excluding diaryl/α,β-unsaturated/α-hetero) is 1. The van der Waals surface area contributed by atoms with E-state index < -0.39 is 17.7 Å². The number of carbonyl (C=O) groups is 2. The molecule has 1 unspecified atom stereocenters. The minimum Gasteiger partial charge on any atom is -0.507 e. The number of nitrogens with zero attached hydrogens (tertiary/aromatic N) is 4. The van der Waals surface area contributed by atoms with Crippen molar-refractivity contribution in [1.82, 2.24) is 19.9 Å². The molecular weight excluding hydrogens is 394 g/mol. The molecule has 0 bridgehead atoms. The third-order valence-corrected chi connectivity index (χ3v) is 5.22. The number of hydrogen-bond donors (Lipinski definition) is 2. The molecule has 0 aliphatic carbocycles. The highest BCUT2D eigenvalue weighted by molar-refractivity contribution is 6.51. The second kappa shape index (κ2) is 7.17. The van der Waals surface area contributed by atoms with E-state index in [1.807, 2.05) is 25.1 Å². The first-order valence-corrected chi connectivity index (χ1v) is 9.63. The Morgan fingerprint density at radius 3 is 2.61 bits per heavy atom. The lowest BCUT2D eigenvalue weighted by atomic mass is 9.99. The van der Waals surface area contributed by atoms with Gasteiger partial charge in [-0.05, 0) is 48.9 Å². The average Bonchev–Trinajstić information content (AvgIpc) is 3.32. The molecule has 8 heteroatoms. The molecule has 1 fully saturated rings. The molecule has 0 radical (unpaired) electrons. The fraction of sp³-hybridized carbons (Fsp3) is 0.0870. The zero-order valence-corrected chi connectivity index (χ0v) is 16.5. The van der Waals surface area contributed by atoms with E-state index in [1.54, 1.807) is 36.5 Å². The Balaban J connectivity index is 1.73. The van der Waals surface area contributed by atoms with E-state index in [0.717, 1.165) is 11.1 Å². The van der Waals surface area contributed by atoms with Crippen LogP contribution in [0.25, 0.3) is 16.8 Å². The molecule has 4 heterocycles. The molecule has 1 aliphatic rings. The molecule has 1 amide bonds. The number of aromatic nitrogens is 4. The summed E-state index contributed by atoms with van der Waals surface area (Å²) < 4.78 is 0. The fourth-order valence-electron chi connectivity index (χ4n) is 3.76. The topological polar surface area (TPSA) is 112 Å². The number of amides is 1. The molecule has 1 aromatic carbocycles. The predicted octanol–water partition coefficient (Wildman–Crippen LogP) is 3.29. The van der Waals surface area contributed by atoms with Crippen LogP contribution in [0.2, 0.25) is 0 Å². The molecule has 1 atom stereocenters. The summed E-state index contributed by atoms with van der Waals surface area (Å²) in [5.74, 6) is -1.67. The van der Waals surface area contributed by atoms with Crippen molar-refractivity contribution in [3.8, 4) is 0 Å². The van der Waals surface area contributed by atoms with Gasteiger partial charge < -0.3 is 10.1 Å². The van der Waals surface area contributed by atoms with Crippen molar-refractivity contribution in [1.29, 1.82) is 0 Å². The van der Waals surface area contributed by atoms with E-state index in [9.17, 15) is 14.7 Å². The van der Waals surface area contributed by atoms with Gasteiger partial charge in [-0.3, -0.25) is 24.5 Å². The first-order valence-electron chi connectivity index (χ1n) is 9.63. The van der Waals surface area contributed by atoms with Crippen LogP contribution < -0.4 is 4.90 Å². The molecule has 5 rings (SSSR count). The summed E-state index contributed by atoms with van der Waals surface area (Å²) in [6.07, 6.45) is 4.58. The smallest absolute Gasteiger partial charge is 0.302 e. The van der Waals surface area contributed by atoms with Crippen molar-refractivity contribution < 1.29 is 14.7 Å². The number of ketones is 1. The van der Waals surface area contributed by atoms with Crippen LogP contribution >= 0.6 is 0 Å². The first kappa shape index (κ1) is 18.7. The van der Waals surface area contributed by atoms with Gasteiger partial charge in [-0.2, -0.15) is 0 Å². The lowest BCUT2D eigenvalue weighted by molar-refractivity contribution is -0.132. The van der Waals surface area contributed by atoms with Gasteiger partial charge in [0.05, 0.1) is 22.3 Å². The summed E-state index contributed by atoms with van der Waals surface area (Å²) in [6.45, 7) is 1.95. The number of aryl methyl sites for hydroxylation is 1. The Morgan fingerprint density at radius 1 is 1.06 bits per heavy atom. The van der Waals surface area contributed by atoms with E-state index in [2.05, 4.69) is 19.9 Å². The summed E-state index contributed by atoms with van der Waals surface area (Å²) >= 11 is 0. The Morgan fingerprint density at radius 2 is 1.87 bits per heavy atom. The number of benzene rings is 1. The first-order chi connectivity index (χ1) is 15.0. The van der Waals surface area contributed by atoms with Crippen molar-refractivity contribution in [3.63, 3.8) is 0 Å². The van der Waals surface area contributed by atoms with E-state index in [1.165, 1.54) is 17.3 Å². The van der Waals surface area contributed by atoms with Crippen LogP contribution in [-0.2, 0) is 9.59 Å². The van der Waals surface area contributed by atoms with Crippen molar-refractivity contribution >= 4 is 34.4 Å². The third-order valence-electron chi connectivity index (χ3n) is 5.22. The summed E-state index contributed by atoms with van der Waals surface area (Å²) in [5.41, 5.74) is 3.21. The average molecular weight is 411 g/mol. The van der Waals surface area contributed by atoms with Crippen LogP contribution in [0.15, 0.2) is 72.7 Å². The number of aliphatic hydroxyl groups is 1. The molecule has 8 nitrogen and oxygen atoms in total. The Hall–Kier alpha value is -4.33. The van der Waals surface area contributed by atoms with E-state index >= 15 is 0 Å². The van der Waals surface area contributed by atoms with Gasteiger partial charge in [0.2, 0.25) is 5.95 Å². The van der Waals surface area contributed by atoms with Crippen LogP contribution in [-0.4, -0.2) is 36.7 Å². The number of rotatable bonds is 3. The van der Waals surface area contributed by atoms with Crippen LogP contribution in [0.5, 0.6) is 0 Å². The number of H-pyrrole nitrogens is 1. The maximum absolute atomic E-state index is 13.1. The van der Waals surface area contributed by atoms with E-state index in [4.69, 9.17) is 0 Å². The second-order valence-electron chi connectivity index (χ2n) is 7.24. The number of nitrogens with one attached hydrogen (secondary N) is 1. The molecule has 31 heavy (non-hydrogen) atoms. The monoisotopic (exact) mass is 411 g/mol. The molecule has 0 saturated carbocycles. The highest BCUT2D eigenvalue weighted by atomic mass is 16.3. The molecule has 3 aromatic heterocycles. The number of aromatic amines is 1. The summed E-state index contributed by atoms with van der Waals surface area (Å²) in [4.78, 5) is 43.4. The SMILES string of the molecule is Cc1ccc2nc(N3C(=O)C(=O)/C(=C(/O)c4ccncc4)C3c3ccccn3)[nH]c2c1. The van der Waals surface area contributed by atoms with Crippen molar-refractivity contribution in [2.75, 3.05) is 4.90 Å². The lowest BCUT2D eigenvalue weighted by Gasteiger charge is -2.22. The minimum absolute atomic E-state index is 0.0495. The number of hydrogen-bond acceptors (Lipinski definition) is 6. The lowest BCUT2D eigenvalue weighted by Crippen LogP contribution is -2.30. The van der Waals surface area contributed by atoms with Crippen molar-refractivity contribution in [3.05, 3.63) is 89.5 Å². The Bertz CT molecular complexity index is 1350. The standard InChI is InChI=1S/C23H17N5O3/c1-13-5-6-15-17(12-13)27-23(26-15)28-19(16-4-2-3-9-25-16)18(21(30)22(28)31)20(29)14-7-10-24-11-8-14/h2-12,19,29H,1H3,(H,26,27)/b20-18+. The summed E-state index contributed by atoms with van der Waals surface area (Å²) in [5, 5.41) is 11.0. The summed E-state index contributed by atoms with van der Waals surface area (Å²) in [7, 11) is 0. The molecule has 1 saturated heterocycles.